The first-order chi connectivity index (χ1) is 13.7. The van der Waals surface area contributed by atoms with E-state index in [9.17, 15) is 4.79 Å². The number of ether oxygens (including phenoxy) is 1. The fraction of sp³-hybridized carbons (Fsp3) is 0.571. The number of hydrogen-bond donors (Lipinski definition) is 2. The standard InChI is InChI=1S/C21H29N5O2/c1-2-28-20-19(25-18(27)8-5-13-26-15-23-14-24-26)16-6-3-4-7-17(16)21(20)9-11-22-12-10-21/h3-4,6-7,14-15,19-20,22H,2,5,8-13H2,1H3,(H,25,27)/t19-,20+/m1/s1. The molecule has 1 aliphatic carbocycles. The Labute approximate surface area is 165 Å². The topological polar surface area (TPSA) is 81.1 Å². The van der Waals surface area contributed by atoms with Crippen molar-refractivity contribution in [2.45, 2.75) is 56.7 Å². The monoisotopic (exact) mass is 383 g/mol. The normalized spacial score (nSPS) is 22.9. The second-order valence-electron chi connectivity index (χ2n) is 7.68. The number of carbonyl (C=O) groups is 1. The Morgan fingerprint density at radius 1 is 1.36 bits per heavy atom. The number of amides is 1. The highest BCUT2D eigenvalue weighted by molar-refractivity contribution is 5.77. The SMILES string of the molecule is CCO[C@H]1[C@H](NC(=O)CCCn2cncn2)c2ccccc2C12CCNCC2. The molecule has 2 N–H and O–H groups in total. The first kappa shape index (κ1) is 19.1. The van der Waals surface area contributed by atoms with Crippen LogP contribution in [0, 0.1) is 0 Å². The van der Waals surface area contributed by atoms with Crippen LogP contribution in [0.5, 0.6) is 0 Å². The van der Waals surface area contributed by atoms with Crippen LogP contribution in [-0.4, -0.2) is 46.5 Å². The molecule has 2 atom stereocenters. The van der Waals surface area contributed by atoms with Crippen molar-refractivity contribution in [3.8, 4) is 0 Å². The van der Waals surface area contributed by atoms with Crippen molar-refractivity contribution in [2.75, 3.05) is 19.7 Å². The van der Waals surface area contributed by atoms with Crippen molar-refractivity contribution in [2.24, 2.45) is 0 Å². The van der Waals surface area contributed by atoms with Gasteiger partial charge in [-0.05, 0) is 50.4 Å². The Balaban J connectivity index is 1.50. The van der Waals surface area contributed by atoms with Gasteiger partial charge in [0, 0.05) is 25.0 Å². The average Bonchev–Trinajstić information content (AvgIpc) is 3.31. The third-order valence-electron chi connectivity index (χ3n) is 6.10. The zero-order chi connectivity index (χ0) is 19.4. The lowest BCUT2D eigenvalue weighted by molar-refractivity contribution is -0.124. The molecule has 1 spiro atoms. The van der Waals surface area contributed by atoms with Crippen LogP contribution in [0.25, 0.3) is 0 Å². The maximum atomic E-state index is 12.7. The number of piperidine rings is 1. The summed E-state index contributed by atoms with van der Waals surface area (Å²) in [5.74, 6) is 0.0654. The molecule has 1 fully saturated rings. The Hall–Kier alpha value is -2.25. The highest BCUT2D eigenvalue weighted by atomic mass is 16.5. The largest absolute Gasteiger partial charge is 0.375 e. The summed E-state index contributed by atoms with van der Waals surface area (Å²) >= 11 is 0. The molecule has 0 unspecified atom stereocenters. The van der Waals surface area contributed by atoms with Gasteiger partial charge < -0.3 is 15.4 Å². The summed E-state index contributed by atoms with van der Waals surface area (Å²) in [5, 5.41) is 10.8. The number of rotatable bonds is 7. The predicted molar refractivity (Wildman–Crippen MR) is 106 cm³/mol. The van der Waals surface area contributed by atoms with Crippen molar-refractivity contribution >= 4 is 5.91 Å². The lowest BCUT2D eigenvalue weighted by Crippen LogP contribution is -2.49. The first-order valence-electron chi connectivity index (χ1n) is 10.3. The van der Waals surface area contributed by atoms with E-state index in [4.69, 9.17) is 4.74 Å². The van der Waals surface area contributed by atoms with E-state index in [2.05, 4.69) is 45.0 Å². The van der Waals surface area contributed by atoms with E-state index >= 15 is 0 Å². The fourth-order valence-electron chi connectivity index (χ4n) is 4.87. The Morgan fingerprint density at radius 3 is 2.93 bits per heavy atom. The number of carbonyl (C=O) groups excluding carboxylic acids is 1. The van der Waals surface area contributed by atoms with Crippen LogP contribution in [0.1, 0.15) is 49.8 Å². The summed E-state index contributed by atoms with van der Waals surface area (Å²) in [7, 11) is 0. The molecular weight excluding hydrogens is 354 g/mol. The summed E-state index contributed by atoms with van der Waals surface area (Å²) in [6, 6.07) is 8.45. The van der Waals surface area contributed by atoms with Gasteiger partial charge in [0.15, 0.2) is 0 Å². The van der Waals surface area contributed by atoms with Gasteiger partial charge >= 0.3 is 0 Å². The van der Waals surface area contributed by atoms with Gasteiger partial charge in [0.2, 0.25) is 5.91 Å². The molecule has 2 aliphatic rings. The van der Waals surface area contributed by atoms with Crippen molar-refractivity contribution < 1.29 is 9.53 Å². The summed E-state index contributed by atoms with van der Waals surface area (Å²) < 4.78 is 8.05. The van der Waals surface area contributed by atoms with Crippen LogP contribution in [0.2, 0.25) is 0 Å². The molecular formula is C21H29N5O2. The maximum Gasteiger partial charge on any atom is 0.220 e. The summed E-state index contributed by atoms with van der Waals surface area (Å²) in [5.41, 5.74) is 2.55. The molecule has 1 aromatic heterocycles. The molecule has 0 radical (unpaired) electrons. The third-order valence-corrected chi connectivity index (χ3v) is 6.10. The Kier molecular flexibility index (Phi) is 5.73. The molecule has 7 heteroatoms. The van der Waals surface area contributed by atoms with Gasteiger partial charge in [0.05, 0.1) is 12.1 Å². The van der Waals surface area contributed by atoms with Crippen LogP contribution in [0.15, 0.2) is 36.9 Å². The molecule has 7 nitrogen and oxygen atoms in total. The minimum Gasteiger partial charge on any atom is -0.375 e. The van der Waals surface area contributed by atoms with Crippen LogP contribution in [-0.2, 0) is 21.5 Å². The minimum atomic E-state index is -0.0897. The van der Waals surface area contributed by atoms with Gasteiger partial charge in [-0.1, -0.05) is 24.3 Å². The summed E-state index contributed by atoms with van der Waals surface area (Å²) in [4.78, 5) is 16.7. The molecule has 0 bridgehead atoms. The van der Waals surface area contributed by atoms with Gasteiger partial charge in [0.25, 0.3) is 0 Å². The summed E-state index contributed by atoms with van der Waals surface area (Å²) in [6.07, 6.45) is 6.44. The average molecular weight is 383 g/mol. The zero-order valence-corrected chi connectivity index (χ0v) is 16.4. The van der Waals surface area contributed by atoms with E-state index in [-0.39, 0.29) is 23.5 Å². The van der Waals surface area contributed by atoms with Crippen LogP contribution < -0.4 is 10.6 Å². The lowest BCUT2D eigenvalue weighted by atomic mass is 9.72. The highest BCUT2D eigenvalue weighted by Gasteiger charge is 2.53. The number of fused-ring (bicyclic) bond motifs is 2. The van der Waals surface area contributed by atoms with E-state index < -0.39 is 0 Å². The molecule has 1 saturated heterocycles. The molecule has 2 heterocycles. The quantitative estimate of drug-likeness (QED) is 0.764. The Bertz CT molecular complexity index is 786. The maximum absolute atomic E-state index is 12.7. The van der Waals surface area contributed by atoms with Crippen molar-refractivity contribution in [1.82, 2.24) is 25.4 Å². The Morgan fingerprint density at radius 2 is 2.18 bits per heavy atom. The van der Waals surface area contributed by atoms with E-state index in [1.807, 2.05) is 6.92 Å². The second-order valence-corrected chi connectivity index (χ2v) is 7.68. The smallest absolute Gasteiger partial charge is 0.220 e. The third kappa shape index (κ3) is 3.56. The van der Waals surface area contributed by atoms with Crippen LogP contribution >= 0.6 is 0 Å². The summed E-state index contributed by atoms with van der Waals surface area (Å²) in [6.45, 7) is 5.34. The molecule has 2 aromatic rings. The van der Waals surface area contributed by atoms with Gasteiger partial charge in [-0.2, -0.15) is 5.10 Å². The highest BCUT2D eigenvalue weighted by Crippen LogP contribution is 2.51. The van der Waals surface area contributed by atoms with Gasteiger partial charge in [-0.3, -0.25) is 9.48 Å². The molecule has 1 aromatic carbocycles. The minimum absolute atomic E-state index is 0.0173. The lowest BCUT2D eigenvalue weighted by Gasteiger charge is -2.41. The molecule has 1 amide bonds. The van der Waals surface area contributed by atoms with E-state index in [0.717, 1.165) is 32.4 Å². The van der Waals surface area contributed by atoms with Crippen LogP contribution in [0.3, 0.4) is 0 Å². The number of benzene rings is 1. The van der Waals surface area contributed by atoms with E-state index in [0.29, 0.717) is 19.6 Å². The number of hydrogen-bond acceptors (Lipinski definition) is 5. The number of aryl methyl sites for hydroxylation is 1. The fourth-order valence-corrected chi connectivity index (χ4v) is 4.87. The molecule has 28 heavy (non-hydrogen) atoms. The predicted octanol–water partition coefficient (Wildman–Crippen LogP) is 1.96. The number of aromatic nitrogens is 3. The van der Waals surface area contributed by atoms with Crippen molar-refractivity contribution in [3.05, 3.63) is 48.0 Å². The van der Waals surface area contributed by atoms with E-state index in [1.54, 1.807) is 11.0 Å². The molecule has 1 aliphatic heterocycles. The zero-order valence-electron chi connectivity index (χ0n) is 16.4. The van der Waals surface area contributed by atoms with Crippen molar-refractivity contribution in [3.63, 3.8) is 0 Å². The number of nitrogens with one attached hydrogen (secondary N) is 2. The number of nitrogens with zero attached hydrogens (tertiary/aromatic N) is 3. The molecule has 0 saturated carbocycles. The molecule has 4 rings (SSSR count). The van der Waals surface area contributed by atoms with Gasteiger partial charge in [0.1, 0.15) is 12.7 Å². The van der Waals surface area contributed by atoms with E-state index in [1.165, 1.54) is 17.5 Å². The molecule has 150 valence electrons. The van der Waals surface area contributed by atoms with Crippen LogP contribution in [0.4, 0.5) is 0 Å². The first-order valence-corrected chi connectivity index (χ1v) is 10.3. The van der Waals surface area contributed by atoms with Gasteiger partial charge in [-0.15, -0.1) is 0 Å². The van der Waals surface area contributed by atoms with Crippen molar-refractivity contribution in [1.29, 1.82) is 0 Å². The van der Waals surface area contributed by atoms with Gasteiger partial charge in [-0.25, -0.2) is 4.98 Å². The second kappa shape index (κ2) is 8.41.